The molecular formula is C15H19N3O2. The largest absolute Gasteiger partial charge is 0.350 e. The standard InChI is InChI=1S/C15H19N3O2/c1-9-4-5-13-12(8-9)10(2)14(17-13)15(20)18(7-6-16)11(3)19/h4-5,8,17H,6-7,16H2,1-3H3. The SMILES string of the molecule is CC(=O)N(CCN)C(=O)c1[nH]c2ccc(C)cc2c1C. The Labute approximate surface area is 117 Å². The molecular weight excluding hydrogens is 254 g/mol. The molecule has 0 aliphatic rings. The Balaban J connectivity index is 2.49. The lowest BCUT2D eigenvalue weighted by Crippen LogP contribution is -2.39. The van der Waals surface area contributed by atoms with Crippen LogP contribution in [0.15, 0.2) is 18.2 Å². The van der Waals surface area contributed by atoms with Gasteiger partial charge >= 0.3 is 0 Å². The number of nitrogens with zero attached hydrogens (tertiary/aromatic N) is 1. The van der Waals surface area contributed by atoms with Crippen molar-refractivity contribution in [2.75, 3.05) is 13.1 Å². The number of aromatic nitrogens is 1. The number of fused-ring (bicyclic) bond motifs is 1. The Bertz CT molecular complexity index is 673. The average molecular weight is 273 g/mol. The third kappa shape index (κ3) is 2.44. The third-order valence-electron chi connectivity index (χ3n) is 3.41. The van der Waals surface area contributed by atoms with Crippen LogP contribution in [0.3, 0.4) is 0 Å². The monoisotopic (exact) mass is 273 g/mol. The van der Waals surface area contributed by atoms with Gasteiger partial charge in [-0.3, -0.25) is 14.5 Å². The van der Waals surface area contributed by atoms with Gasteiger partial charge in [0.1, 0.15) is 5.69 Å². The van der Waals surface area contributed by atoms with Crippen molar-refractivity contribution in [3.63, 3.8) is 0 Å². The van der Waals surface area contributed by atoms with Gasteiger partial charge in [-0.25, -0.2) is 0 Å². The van der Waals surface area contributed by atoms with E-state index in [1.165, 1.54) is 11.8 Å². The van der Waals surface area contributed by atoms with Crippen molar-refractivity contribution in [2.45, 2.75) is 20.8 Å². The summed E-state index contributed by atoms with van der Waals surface area (Å²) in [6.07, 6.45) is 0. The van der Waals surface area contributed by atoms with E-state index in [0.29, 0.717) is 5.69 Å². The van der Waals surface area contributed by atoms with Gasteiger partial charge < -0.3 is 10.7 Å². The molecule has 0 atom stereocenters. The van der Waals surface area contributed by atoms with E-state index in [1.807, 2.05) is 32.0 Å². The molecule has 2 aromatic rings. The fourth-order valence-electron chi connectivity index (χ4n) is 2.32. The molecule has 2 rings (SSSR count). The van der Waals surface area contributed by atoms with E-state index in [4.69, 9.17) is 5.73 Å². The highest BCUT2D eigenvalue weighted by Gasteiger charge is 2.23. The Morgan fingerprint density at radius 2 is 2.00 bits per heavy atom. The summed E-state index contributed by atoms with van der Waals surface area (Å²) in [5.41, 5.74) is 8.80. The van der Waals surface area contributed by atoms with Crippen molar-refractivity contribution in [3.8, 4) is 0 Å². The summed E-state index contributed by atoms with van der Waals surface area (Å²) >= 11 is 0. The number of rotatable bonds is 3. The van der Waals surface area contributed by atoms with Crippen molar-refractivity contribution in [1.82, 2.24) is 9.88 Å². The molecule has 0 fully saturated rings. The molecule has 0 saturated carbocycles. The number of carbonyl (C=O) groups is 2. The summed E-state index contributed by atoms with van der Waals surface area (Å²) in [4.78, 5) is 28.3. The number of aryl methyl sites for hydroxylation is 2. The smallest absolute Gasteiger partial charge is 0.277 e. The molecule has 0 aliphatic heterocycles. The van der Waals surface area contributed by atoms with Crippen molar-refractivity contribution in [1.29, 1.82) is 0 Å². The van der Waals surface area contributed by atoms with Crippen LogP contribution in [0, 0.1) is 13.8 Å². The number of hydrogen-bond acceptors (Lipinski definition) is 3. The van der Waals surface area contributed by atoms with Crippen LogP contribution in [0.4, 0.5) is 0 Å². The number of amides is 2. The topological polar surface area (TPSA) is 79.2 Å². The number of nitrogens with two attached hydrogens (primary N) is 1. The molecule has 0 radical (unpaired) electrons. The average Bonchev–Trinajstić information content (AvgIpc) is 2.72. The lowest BCUT2D eigenvalue weighted by Gasteiger charge is -2.17. The van der Waals surface area contributed by atoms with Gasteiger partial charge in [-0.1, -0.05) is 11.6 Å². The van der Waals surface area contributed by atoms with E-state index >= 15 is 0 Å². The number of carbonyl (C=O) groups excluding carboxylic acids is 2. The van der Waals surface area contributed by atoms with Gasteiger partial charge in [-0.15, -0.1) is 0 Å². The number of nitrogens with one attached hydrogen (secondary N) is 1. The molecule has 20 heavy (non-hydrogen) atoms. The van der Waals surface area contributed by atoms with E-state index < -0.39 is 0 Å². The zero-order valence-corrected chi connectivity index (χ0v) is 12.0. The summed E-state index contributed by atoms with van der Waals surface area (Å²) in [5, 5.41) is 1.00. The maximum atomic E-state index is 12.5. The first kappa shape index (κ1) is 14.3. The number of H-pyrrole nitrogens is 1. The molecule has 1 heterocycles. The summed E-state index contributed by atoms with van der Waals surface area (Å²) < 4.78 is 0. The molecule has 5 nitrogen and oxygen atoms in total. The van der Waals surface area contributed by atoms with Crippen LogP contribution in [0.2, 0.25) is 0 Å². The van der Waals surface area contributed by atoms with Crippen molar-refractivity contribution in [3.05, 3.63) is 35.0 Å². The summed E-state index contributed by atoms with van der Waals surface area (Å²) in [6, 6.07) is 5.95. The van der Waals surface area contributed by atoms with Gasteiger partial charge in [0.2, 0.25) is 5.91 Å². The Morgan fingerprint density at radius 1 is 1.30 bits per heavy atom. The minimum Gasteiger partial charge on any atom is -0.350 e. The summed E-state index contributed by atoms with van der Waals surface area (Å²) in [5.74, 6) is -0.621. The second kappa shape index (κ2) is 5.46. The maximum absolute atomic E-state index is 12.5. The third-order valence-corrected chi connectivity index (χ3v) is 3.41. The molecule has 1 aromatic heterocycles. The van der Waals surface area contributed by atoms with Gasteiger partial charge in [0.25, 0.3) is 5.91 Å². The minimum atomic E-state index is -0.325. The Kier molecular flexibility index (Phi) is 3.90. The zero-order chi connectivity index (χ0) is 14.9. The first-order valence-electron chi connectivity index (χ1n) is 6.57. The van der Waals surface area contributed by atoms with Crippen LogP contribution < -0.4 is 5.73 Å². The molecule has 0 unspecified atom stereocenters. The fourth-order valence-corrected chi connectivity index (χ4v) is 2.32. The van der Waals surface area contributed by atoms with Crippen LogP contribution in [0.25, 0.3) is 10.9 Å². The second-order valence-corrected chi connectivity index (χ2v) is 4.94. The second-order valence-electron chi connectivity index (χ2n) is 4.94. The quantitative estimate of drug-likeness (QED) is 0.893. The highest BCUT2D eigenvalue weighted by Crippen LogP contribution is 2.23. The summed E-state index contributed by atoms with van der Waals surface area (Å²) in [7, 11) is 0. The Hall–Kier alpha value is -2.14. The van der Waals surface area contributed by atoms with Crippen LogP contribution in [-0.4, -0.2) is 34.8 Å². The van der Waals surface area contributed by atoms with Crippen LogP contribution >= 0.6 is 0 Å². The van der Waals surface area contributed by atoms with Crippen LogP contribution in [0.1, 0.15) is 28.5 Å². The fraction of sp³-hybridized carbons (Fsp3) is 0.333. The predicted octanol–water partition coefficient (Wildman–Crippen LogP) is 1.73. The molecule has 0 bridgehead atoms. The van der Waals surface area contributed by atoms with Crippen LogP contribution in [-0.2, 0) is 4.79 Å². The zero-order valence-electron chi connectivity index (χ0n) is 12.0. The van der Waals surface area contributed by atoms with Crippen molar-refractivity contribution >= 4 is 22.7 Å². The molecule has 5 heteroatoms. The van der Waals surface area contributed by atoms with Gasteiger partial charge in [-0.2, -0.15) is 0 Å². The van der Waals surface area contributed by atoms with E-state index in [0.717, 1.165) is 22.0 Å². The highest BCUT2D eigenvalue weighted by atomic mass is 16.2. The van der Waals surface area contributed by atoms with Gasteiger partial charge in [0, 0.05) is 30.9 Å². The molecule has 1 aromatic carbocycles. The van der Waals surface area contributed by atoms with E-state index in [9.17, 15) is 9.59 Å². The number of hydrogen-bond donors (Lipinski definition) is 2. The molecule has 0 saturated heterocycles. The molecule has 3 N–H and O–H groups in total. The first-order chi connectivity index (χ1) is 9.45. The number of imide groups is 1. The van der Waals surface area contributed by atoms with Crippen molar-refractivity contribution in [2.24, 2.45) is 5.73 Å². The van der Waals surface area contributed by atoms with Crippen molar-refractivity contribution < 1.29 is 9.59 Å². The molecule has 106 valence electrons. The van der Waals surface area contributed by atoms with E-state index in [-0.39, 0.29) is 24.9 Å². The van der Waals surface area contributed by atoms with E-state index in [2.05, 4.69) is 4.98 Å². The number of benzene rings is 1. The minimum absolute atomic E-state index is 0.224. The first-order valence-corrected chi connectivity index (χ1v) is 6.57. The predicted molar refractivity (Wildman–Crippen MR) is 78.5 cm³/mol. The summed E-state index contributed by atoms with van der Waals surface area (Å²) in [6.45, 7) is 5.73. The number of aromatic amines is 1. The Morgan fingerprint density at radius 3 is 2.60 bits per heavy atom. The molecule has 0 spiro atoms. The van der Waals surface area contributed by atoms with E-state index in [1.54, 1.807) is 0 Å². The maximum Gasteiger partial charge on any atom is 0.277 e. The van der Waals surface area contributed by atoms with Gasteiger partial charge in [0.15, 0.2) is 0 Å². The molecule has 0 aliphatic carbocycles. The lowest BCUT2D eigenvalue weighted by molar-refractivity contribution is -0.126. The normalized spacial score (nSPS) is 10.8. The van der Waals surface area contributed by atoms with Gasteiger partial charge in [-0.05, 0) is 31.5 Å². The van der Waals surface area contributed by atoms with Crippen LogP contribution in [0.5, 0.6) is 0 Å². The molecule has 2 amide bonds. The lowest BCUT2D eigenvalue weighted by atomic mass is 10.1. The van der Waals surface area contributed by atoms with Gasteiger partial charge in [0.05, 0.1) is 0 Å². The highest BCUT2D eigenvalue weighted by molar-refractivity contribution is 6.07.